The van der Waals surface area contributed by atoms with Crippen LogP contribution in [0.1, 0.15) is 53.4 Å². The van der Waals surface area contributed by atoms with E-state index in [0.717, 1.165) is 23.7 Å². The van der Waals surface area contributed by atoms with E-state index in [1.807, 2.05) is 0 Å². The number of hydrogen-bond donors (Lipinski definition) is 0. The average molecular weight is 180 g/mol. The molecule has 3 fully saturated rings. The maximum atomic E-state index is 2.50. The summed E-state index contributed by atoms with van der Waals surface area (Å²) in [5, 5.41) is 0. The molecule has 3 rings (SSSR count). The first-order chi connectivity index (χ1) is 6.01. The van der Waals surface area contributed by atoms with E-state index < -0.39 is 0 Å². The van der Waals surface area contributed by atoms with Gasteiger partial charge in [0.1, 0.15) is 0 Å². The highest BCUT2D eigenvalue weighted by atomic mass is 14.6. The van der Waals surface area contributed by atoms with Crippen LogP contribution in [0.2, 0.25) is 0 Å². The van der Waals surface area contributed by atoms with Crippen molar-refractivity contribution >= 4 is 0 Å². The van der Waals surface area contributed by atoms with E-state index in [9.17, 15) is 0 Å². The van der Waals surface area contributed by atoms with Crippen LogP contribution in [0.4, 0.5) is 0 Å². The van der Waals surface area contributed by atoms with Crippen molar-refractivity contribution in [1.82, 2.24) is 0 Å². The number of hydrogen-bond acceptors (Lipinski definition) is 0. The quantitative estimate of drug-likeness (QED) is 0.600. The Morgan fingerprint density at radius 2 is 1.92 bits per heavy atom. The maximum Gasteiger partial charge on any atom is -0.0295 e. The second-order valence-electron chi connectivity index (χ2n) is 6.33. The van der Waals surface area contributed by atoms with Crippen molar-refractivity contribution in [1.29, 1.82) is 0 Å². The third kappa shape index (κ3) is 1.43. The van der Waals surface area contributed by atoms with Gasteiger partial charge >= 0.3 is 0 Å². The van der Waals surface area contributed by atoms with E-state index in [4.69, 9.17) is 0 Å². The predicted molar refractivity (Wildman–Crippen MR) is 57.6 cm³/mol. The van der Waals surface area contributed by atoms with Crippen molar-refractivity contribution in [3.8, 4) is 0 Å². The summed E-state index contributed by atoms with van der Waals surface area (Å²) < 4.78 is 0. The molecule has 0 heterocycles. The molecular weight excluding hydrogens is 156 g/mol. The SMILES string of the molecule is CC(C)C[C@H]1CC[C@H]2C[C@@H]1C2(C)C. The van der Waals surface area contributed by atoms with Crippen LogP contribution in [-0.4, -0.2) is 0 Å². The fourth-order valence-electron chi connectivity index (χ4n) is 3.85. The van der Waals surface area contributed by atoms with Crippen LogP contribution in [0.5, 0.6) is 0 Å². The number of fused-ring (bicyclic) bond motifs is 2. The Morgan fingerprint density at radius 3 is 2.38 bits per heavy atom. The van der Waals surface area contributed by atoms with Crippen LogP contribution < -0.4 is 0 Å². The molecule has 0 aromatic rings. The summed E-state index contributed by atoms with van der Waals surface area (Å²) in [6, 6.07) is 0. The molecule has 76 valence electrons. The molecular formula is C13H24. The molecule has 3 atom stereocenters. The van der Waals surface area contributed by atoms with E-state index >= 15 is 0 Å². The first-order valence-electron chi connectivity index (χ1n) is 6.01. The van der Waals surface area contributed by atoms with Gasteiger partial charge in [0.05, 0.1) is 0 Å². The Balaban J connectivity index is 1.99. The molecule has 3 saturated carbocycles. The van der Waals surface area contributed by atoms with Crippen LogP contribution in [0.25, 0.3) is 0 Å². The lowest BCUT2D eigenvalue weighted by Gasteiger charge is -2.60. The summed E-state index contributed by atoms with van der Waals surface area (Å²) in [5.41, 5.74) is 0.692. The second-order valence-corrected chi connectivity index (χ2v) is 6.33. The first-order valence-corrected chi connectivity index (χ1v) is 6.01. The van der Waals surface area contributed by atoms with Crippen molar-refractivity contribution in [3.05, 3.63) is 0 Å². The van der Waals surface area contributed by atoms with Crippen LogP contribution in [0.3, 0.4) is 0 Å². The summed E-state index contributed by atoms with van der Waals surface area (Å²) >= 11 is 0. The topological polar surface area (TPSA) is 0 Å². The zero-order valence-electron chi connectivity index (χ0n) is 9.64. The molecule has 0 amide bonds. The maximum absolute atomic E-state index is 2.50. The molecule has 0 heteroatoms. The summed E-state index contributed by atoms with van der Waals surface area (Å²) in [7, 11) is 0. The highest BCUT2D eigenvalue weighted by molar-refractivity contribution is 5.03. The molecule has 0 aromatic carbocycles. The predicted octanol–water partition coefficient (Wildman–Crippen LogP) is 4.10. The zero-order valence-corrected chi connectivity index (χ0v) is 9.64. The smallest absolute Gasteiger partial charge is 0.0295 e. The van der Waals surface area contributed by atoms with Crippen LogP contribution >= 0.6 is 0 Å². The molecule has 0 unspecified atom stereocenters. The Morgan fingerprint density at radius 1 is 1.23 bits per heavy atom. The van der Waals surface area contributed by atoms with Crippen LogP contribution in [0.15, 0.2) is 0 Å². The zero-order chi connectivity index (χ0) is 9.64. The molecule has 3 aliphatic carbocycles. The largest absolute Gasteiger partial charge is 0.0628 e. The highest BCUT2D eigenvalue weighted by Gasteiger charge is 2.53. The van der Waals surface area contributed by atoms with Gasteiger partial charge in [0.25, 0.3) is 0 Å². The second kappa shape index (κ2) is 3.00. The van der Waals surface area contributed by atoms with Gasteiger partial charge in [-0.2, -0.15) is 0 Å². The van der Waals surface area contributed by atoms with Gasteiger partial charge in [-0.05, 0) is 54.8 Å². The summed E-state index contributed by atoms with van der Waals surface area (Å²) in [4.78, 5) is 0. The molecule has 0 N–H and O–H groups in total. The molecule has 13 heavy (non-hydrogen) atoms. The third-order valence-electron chi connectivity index (χ3n) is 4.78. The molecule has 0 spiro atoms. The number of rotatable bonds is 2. The van der Waals surface area contributed by atoms with Crippen molar-refractivity contribution in [2.45, 2.75) is 53.4 Å². The Bertz CT molecular complexity index is 188. The molecule has 2 bridgehead atoms. The van der Waals surface area contributed by atoms with Crippen LogP contribution in [-0.2, 0) is 0 Å². The van der Waals surface area contributed by atoms with E-state index in [0.29, 0.717) is 5.41 Å². The van der Waals surface area contributed by atoms with Gasteiger partial charge < -0.3 is 0 Å². The lowest BCUT2D eigenvalue weighted by atomic mass is 9.45. The van der Waals surface area contributed by atoms with E-state index in [1.54, 1.807) is 6.42 Å². The Kier molecular flexibility index (Phi) is 2.20. The molecule has 0 nitrogen and oxygen atoms in total. The van der Waals surface area contributed by atoms with E-state index in [-0.39, 0.29) is 0 Å². The van der Waals surface area contributed by atoms with Gasteiger partial charge in [-0.15, -0.1) is 0 Å². The van der Waals surface area contributed by atoms with Crippen molar-refractivity contribution in [2.24, 2.45) is 29.1 Å². The lowest BCUT2D eigenvalue weighted by Crippen LogP contribution is -2.52. The molecule has 3 aliphatic rings. The normalized spacial score (nSPS) is 41.8. The van der Waals surface area contributed by atoms with Crippen LogP contribution in [0, 0.1) is 29.1 Å². The average Bonchev–Trinajstić information content (AvgIpc) is 2.03. The minimum atomic E-state index is 0.692. The molecule has 0 saturated heterocycles. The van der Waals surface area contributed by atoms with Gasteiger partial charge in [-0.1, -0.05) is 27.7 Å². The minimum Gasteiger partial charge on any atom is -0.0628 e. The van der Waals surface area contributed by atoms with E-state index in [1.165, 1.54) is 19.3 Å². The summed E-state index contributed by atoms with van der Waals surface area (Å²) in [5.74, 6) is 4.09. The Hall–Kier alpha value is 0. The van der Waals surface area contributed by atoms with Gasteiger partial charge in [-0.3, -0.25) is 0 Å². The third-order valence-corrected chi connectivity index (χ3v) is 4.78. The van der Waals surface area contributed by atoms with Crippen molar-refractivity contribution < 1.29 is 0 Å². The van der Waals surface area contributed by atoms with E-state index in [2.05, 4.69) is 27.7 Å². The van der Waals surface area contributed by atoms with Gasteiger partial charge in [0.15, 0.2) is 0 Å². The van der Waals surface area contributed by atoms with Gasteiger partial charge in [-0.25, -0.2) is 0 Å². The molecule has 0 aliphatic heterocycles. The molecule has 0 aromatic heterocycles. The fourth-order valence-corrected chi connectivity index (χ4v) is 3.85. The monoisotopic (exact) mass is 180 g/mol. The standard InChI is InChI=1S/C13H24/c1-9(2)7-10-5-6-11-8-12(10)13(11,3)4/h9-12H,5-8H2,1-4H3/t10-,11+,12+/m1/s1. The van der Waals surface area contributed by atoms with Gasteiger partial charge in [0.2, 0.25) is 0 Å². The Labute approximate surface area is 83.1 Å². The molecule has 0 radical (unpaired) electrons. The van der Waals surface area contributed by atoms with Crippen molar-refractivity contribution in [3.63, 3.8) is 0 Å². The lowest BCUT2D eigenvalue weighted by molar-refractivity contribution is -0.109. The summed E-state index contributed by atoms with van der Waals surface area (Å²) in [6.07, 6.45) is 6.06. The first kappa shape index (κ1) is 9.55. The summed E-state index contributed by atoms with van der Waals surface area (Å²) in [6.45, 7) is 9.74. The minimum absolute atomic E-state index is 0.692. The van der Waals surface area contributed by atoms with Crippen molar-refractivity contribution in [2.75, 3.05) is 0 Å². The highest BCUT2D eigenvalue weighted by Crippen LogP contribution is 2.62. The fraction of sp³-hybridized carbons (Fsp3) is 1.00. The van der Waals surface area contributed by atoms with Gasteiger partial charge in [0, 0.05) is 0 Å².